The van der Waals surface area contributed by atoms with Crippen molar-refractivity contribution in [2.24, 2.45) is 5.92 Å². The van der Waals surface area contributed by atoms with E-state index in [2.05, 4.69) is 10.3 Å². The maximum atomic E-state index is 12.2. The van der Waals surface area contributed by atoms with E-state index in [1.165, 1.54) is 25.1 Å². The minimum atomic E-state index is -2.43. The van der Waals surface area contributed by atoms with Crippen molar-refractivity contribution in [3.63, 3.8) is 0 Å². The third kappa shape index (κ3) is 2.40. The summed E-state index contributed by atoms with van der Waals surface area (Å²) in [5, 5.41) is 3.12. The van der Waals surface area contributed by atoms with Gasteiger partial charge in [-0.1, -0.05) is 0 Å². The first kappa shape index (κ1) is 9.37. The number of nitrogens with one attached hydrogen (secondary N) is 1. The maximum Gasteiger partial charge on any atom is 0.265 e. The zero-order valence-corrected chi connectivity index (χ0v) is 7.71. The fraction of sp³-hybridized carbons (Fsp3) is 0.500. The topological polar surface area (TPSA) is 24.9 Å². The van der Waals surface area contributed by atoms with Crippen LogP contribution >= 0.6 is 0 Å². The van der Waals surface area contributed by atoms with Gasteiger partial charge in [0.25, 0.3) is 6.43 Å². The highest BCUT2D eigenvalue weighted by Gasteiger charge is 2.20. The summed E-state index contributed by atoms with van der Waals surface area (Å²) in [4.78, 5) is 3.91. The maximum absolute atomic E-state index is 12.2. The number of anilines is 1. The quantitative estimate of drug-likeness (QED) is 0.804. The summed E-state index contributed by atoms with van der Waals surface area (Å²) < 4.78 is 24.3. The molecule has 0 aromatic carbocycles. The Balaban J connectivity index is 1.91. The predicted octanol–water partition coefficient (Wildman–Crippen LogP) is 2.84. The van der Waals surface area contributed by atoms with Crippen LogP contribution in [-0.4, -0.2) is 11.5 Å². The van der Waals surface area contributed by atoms with Crippen molar-refractivity contribution in [1.82, 2.24) is 4.98 Å². The summed E-state index contributed by atoms with van der Waals surface area (Å²) in [5.41, 5.74) is -0.0260. The summed E-state index contributed by atoms with van der Waals surface area (Å²) in [6, 6.07) is 3.01. The van der Waals surface area contributed by atoms with E-state index in [0.29, 0.717) is 5.82 Å². The smallest absolute Gasteiger partial charge is 0.265 e. The third-order valence-corrected chi connectivity index (χ3v) is 2.31. The molecule has 1 aliphatic rings. The van der Waals surface area contributed by atoms with Gasteiger partial charge in [-0.2, -0.15) is 0 Å². The van der Waals surface area contributed by atoms with Crippen molar-refractivity contribution in [3.8, 4) is 0 Å². The average Bonchev–Trinajstić information content (AvgIpc) is 2.99. The lowest BCUT2D eigenvalue weighted by Gasteiger charge is -2.04. The number of nitrogens with zero attached hydrogens (tertiary/aromatic N) is 1. The highest BCUT2D eigenvalue weighted by Crippen LogP contribution is 2.28. The monoisotopic (exact) mass is 198 g/mol. The minimum absolute atomic E-state index is 0.0260. The van der Waals surface area contributed by atoms with Crippen molar-refractivity contribution in [3.05, 3.63) is 23.9 Å². The molecule has 1 aromatic heterocycles. The summed E-state index contributed by atoms with van der Waals surface area (Å²) >= 11 is 0. The number of pyridine rings is 1. The molecule has 76 valence electrons. The van der Waals surface area contributed by atoms with Crippen LogP contribution in [0.25, 0.3) is 0 Å². The van der Waals surface area contributed by atoms with Gasteiger partial charge in [-0.3, -0.25) is 0 Å². The first-order valence-corrected chi connectivity index (χ1v) is 4.73. The second kappa shape index (κ2) is 3.90. The van der Waals surface area contributed by atoms with Crippen LogP contribution in [0.3, 0.4) is 0 Å². The van der Waals surface area contributed by atoms with Crippen LogP contribution in [0.5, 0.6) is 0 Å². The van der Waals surface area contributed by atoms with Crippen molar-refractivity contribution in [2.45, 2.75) is 19.3 Å². The number of hydrogen-bond donors (Lipinski definition) is 1. The normalized spacial score (nSPS) is 15.9. The van der Waals surface area contributed by atoms with Gasteiger partial charge in [0.05, 0.1) is 0 Å². The molecule has 0 saturated heterocycles. The van der Waals surface area contributed by atoms with E-state index in [1.807, 2.05) is 0 Å². The molecular formula is C10H12F2N2. The van der Waals surface area contributed by atoms with E-state index in [-0.39, 0.29) is 5.56 Å². The average molecular weight is 198 g/mol. The lowest BCUT2D eigenvalue weighted by atomic mass is 10.3. The molecule has 0 radical (unpaired) electrons. The van der Waals surface area contributed by atoms with Crippen molar-refractivity contribution < 1.29 is 8.78 Å². The van der Waals surface area contributed by atoms with Gasteiger partial charge < -0.3 is 5.32 Å². The first-order valence-electron chi connectivity index (χ1n) is 4.73. The van der Waals surface area contributed by atoms with Crippen LogP contribution in [0.15, 0.2) is 18.3 Å². The Labute approximate surface area is 81.4 Å². The molecule has 1 aliphatic carbocycles. The number of rotatable bonds is 4. The third-order valence-electron chi connectivity index (χ3n) is 2.31. The number of aromatic nitrogens is 1. The Bertz CT molecular complexity index is 293. The number of hydrogen-bond acceptors (Lipinski definition) is 2. The van der Waals surface area contributed by atoms with Gasteiger partial charge in [0.1, 0.15) is 5.82 Å². The zero-order chi connectivity index (χ0) is 9.97. The molecule has 0 amide bonds. The van der Waals surface area contributed by atoms with Crippen LogP contribution in [0.4, 0.5) is 14.6 Å². The number of halogens is 2. The summed E-state index contributed by atoms with van der Waals surface area (Å²) in [6.07, 6.45) is 1.32. The fourth-order valence-corrected chi connectivity index (χ4v) is 1.21. The fourth-order valence-electron chi connectivity index (χ4n) is 1.21. The van der Waals surface area contributed by atoms with Crippen LogP contribution in [0.1, 0.15) is 24.8 Å². The lowest BCUT2D eigenvalue weighted by Crippen LogP contribution is -2.04. The number of alkyl halides is 2. The molecule has 14 heavy (non-hydrogen) atoms. The summed E-state index contributed by atoms with van der Waals surface area (Å²) in [5.74, 6) is 1.44. The minimum Gasteiger partial charge on any atom is -0.370 e. The van der Waals surface area contributed by atoms with Gasteiger partial charge in [0.2, 0.25) is 0 Å². The first-order chi connectivity index (χ1) is 6.75. The van der Waals surface area contributed by atoms with Crippen LogP contribution < -0.4 is 5.32 Å². The molecule has 1 saturated carbocycles. The Hall–Kier alpha value is -1.19. The van der Waals surface area contributed by atoms with E-state index in [1.54, 1.807) is 6.07 Å². The van der Waals surface area contributed by atoms with E-state index < -0.39 is 6.43 Å². The zero-order valence-electron chi connectivity index (χ0n) is 7.71. The molecule has 1 heterocycles. The van der Waals surface area contributed by atoms with Gasteiger partial charge in [-0.05, 0) is 30.9 Å². The molecule has 2 rings (SSSR count). The molecule has 0 bridgehead atoms. The molecule has 0 spiro atoms. The molecule has 0 atom stereocenters. The van der Waals surface area contributed by atoms with Crippen molar-refractivity contribution in [1.29, 1.82) is 0 Å². The highest BCUT2D eigenvalue weighted by atomic mass is 19.3. The second-order valence-electron chi connectivity index (χ2n) is 3.60. The van der Waals surface area contributed by atoms with Gasteiger partial charge >= 0.3 is 0 Å². The van der Waals surface area contributed by atoms with Gasteiger partial charge in [-0.25, -0.2) is 13.8 Å². The molecule has 1 aromatic rings. The molecule has 1 fully saturated rings. The Morgan fingerprint density at radius 2 is 2.21 bits per heavy atom. The summed E-state index contributed by atoms with van der Waals surface area (Å²) in [7, 11) is 0. The van der Waals surface area contributed by atoms with E-state index in [9.17, 15) is 8.78 Å². The standard InChI is InChI=1S/C10H12F2N2/c11-10(12)8-3-4-9(14-6-8)13-5-7-1-2-7/h3-4,6-7,10H,1-2,5H2,(H,13,14). The highest BCUT2D eigenvalue weighted by molar-refractivity contribution is 5.35. The van der Waals surface area contributed by atoms with Gasteiger partial charge in [0, 0.05) is 18.3 Å². The van der Waals surface area contributed by atoms with Crippen LogP contribution in [0.2, 0.25) is 0 Å². The van der Waals surface area contributed by atoms with E-state index in [0.717, 1.165) is 12.5 Å². The van der Waals surface area contributed by atoms with Crippen molar-refractivity contribution in [2.75, 3.05) is 11.9 Å². The molecule has 0 aliphatic heterocycles. The Morgan fingerprint density at radius 3 is 2.71 bits per heavy atom. The largest absolute Gasteiger partial charge is 0.370 e. The van der Waals surface area contributed by atoms with Crippen LogP contribution in [0, 0.1) is 5.92 Å². The predicted molar refractivity (Wildman–Crippen MR) is 50.4 cm³/mol. The Kier molecular flexibility index (Phi) is 2.61. The molecule has 0 unspecified atom stereocenters. The van der Waals surface area contributed by atoms with E-state index >= 15 is 0 Å². The summed E-state index contributed by atoms with van der Waals surface area (Å²) in [6.45, 7) is 0.904. The second-order valence-corrected chi connectivity index (χ2v) is 3.60. The molecule has 1 N–H and O–H groups in total. The Morgan fingerprint density at radius 1 is 1.43 bits per heavy atom. The molecular weight excluding hydrogens is 186 g/mol. The van der Waals surface area contributed by atoms with Crippen molar-refractivity contribution >= 4 is 5.82 Å². The van der Waals surface area contributed by atoms with E-state index in [4.69, 9.17) is 0 Å². The van der Waals surface area contributed by atoms with Crippen LogP contribution in [-0.2, 0) is 0 Å². The molecule has 4 heteroatoms. The SMILES string of the molecule is FC(F)c1ccc(NCC2CC2)nc1. The molecule has 2 nitrogen and oxygen atoms in total. The van der Waals surface area contributed by atoms with Gasteiger partial charge in [0.15, 0.2) is 0 Å². The van der Waals surface area contributed by atoms with Gasteiger partial charge in [-0.15, -0.1) is 0 Å². The lowest BCUT2D eigenvalue weighted by molar-refractivity contribution is 0.151.